The Bertz CT molecular complexity index is 536. The summed E-state index contributed by atoms with van der Waals surface area (Å²) in [5.74, 6) is 1.10. The molecular formula is C12H13N3O2. The van der Waals surface area contributed by atoms with Crippen LogP contribution in [0.1, 0.15) is 11.4 Å². The van der Waals surface area contributed by atoms with Gasteiger partial charge in [0.15, 0.2) is 5.82 Å². The Morgan fingerprint density at radius 2 is 2.41 bits per heavy atom. The predicted molar refractivity (Wildman–Crippen MR) is 62.6 cm³/mol. The molecule has 5 nitrogen and oxygen atoms in total. The van der Waals surface area contributed by atoms with Crippen LogP contribution >= 0.6 is 0 Å². The average molecular weight is 231 g/mol. The van der Waals surface area contributed by atoms with E-state index in [1.807, 2.05) is 12.1 Å². The molecule has 1 N–H and O–H groups in total. The maximum Gasteiger partial charge on any atom is 0.258 e. The van der Waals surface area contributed by atoms with E-state index in [1.54, 1.807) is 7.11 Å². The Morgan fingerprint density at radius 1 is 1.47 bits per heavy atom. The molecule has 0 bridgehead atoms. The monoisotopic (exact) mass is 231 g/mol. The van der Waals surface area contributed by atoms with Crippen molar-refractivity contribution in [2.24, 2.45) is 0 Å². The first-order valence-electron chi connectivity index (χ1n) is 5.55. The Kier molecular flexibility index (Phi) is 2.53. The van der Waals surface area contributed by atoms with Gasteiger partial charge in [-0.1, -0.05) is 11.2 Å². The standard InChI is InChI=1S/C12H13N3O2/c1-16-7-11-14-12(17-15-11)9-3-2-8-4-5-13-10(8)6-9/h2-3,6,13H,4-5,7H2,1H3. The highest BCUT2D eigenvalue weighted by molar-refractivity contribution is 5.66. The van der Waals surface area contributed by atoms with Crippen molar-refractivity contribution in [1.29, 1.82) is 0 Å². The van der Waals surface area contributed by atoms with Gasteiger partial charge in [-0.2, -0.15) is 4.98 Å². The third kappa shape index (κ3) is 1.89. The topological polar surface area (TPSA) is 60.2 Å². The van der Waals surface area contributed by atoms with E-state index in [4.69, 9.17) is 9.26 Å². The van der Waals surface area contributed by atoms with Crippen LogP contribution in [0.25, 0.3) is 11.5 Å². The van der Waals surface area contributed by atoms with Gasteiger partial charge in [0.2, 0.25) is 0 Å². The van der Waals surface area contributed by atoms with E-state index in [2.05, 4.69) is 21.5 Å². The zero-order valence-corrected chi connectivity index (χ0v) is 9.56. The lowest BCUT2D eigenvalue weighted by Crippen LogP contribution is -1.91. The summed E-state index contributed by atoms with van der Waals surface area (Å²) in [5.41, 5.74) is 3.44. The van der Waals surface area contributed by atoms with Crippen molar-refractivity contribution >= 4 is 5.69 Å². The van der Waals surface area contributed by atoms with Gasteiger partial charge in [0.25, 0.3) is 5.89 Å². The minimum absolute atomic E-state index is 0.368. The third-order valence-electron chi connectivity index (χ3n) is 2.81. The predicted octanol–water partition coefficient (Wildman–Crippen LogP) is 1.85. The number of aromatic nitrogens is 2. The lowest BCUT2D eigenvalue weighted by molar-refractivity contribution is 0.174. The summed E-state index contributed by atoms with van der Waals surface area (Å²) in [6.07, 6.45) is 1.08. The molecule has 17 heavy (non-hydrogen) atoms. The summed E-state index contributed by atoms with van der Waals surface area (Å²) in [7, 11) is 1.61. The fraction of sp³-hybridized carbons (Fsp3) is 0.333. The van der Waals surface area contributed by atoms with Crippen LogP contribution in [0.2, 0.25) is 0 Å². The molecule has 3 rings (SSSR count). The number of ether oxygens (including phenoxy) is 1. The van der Waals surface area contributed by atoms with Crippen LogP contribution in [-0.2, 0) is 17.8 Å². The number of methoxy groups -OCH3 is 1. The molecule has 0 fully saturated rings. The molecule has 0 unspecified atom stereocenters. The number of anilines is 1. The molecule has 88 valence electrons. The molecule has 0 atom stereocenters. The van der Waals surface area contributed by atoms with E-state index in [0.717, 1.165) is 24.2 Å². The summed E-state index contributed by atoms with van der Waals surface area (Å²) < 4.78 is 10.1. The fourth-order valence-electron chi connectivity index (χ4n) is 1.98. The van der Waals surface area contributed by atoms with Gasteiger partial charge >= 0.3 is 0 Å². The fourth-order valence-corrected chi connectivity index (χ4v) is 1.98. The van der Waals surface area contributed by atoms with Gasteiger partial charge < -0.3 is 14.6 Å². The van der Waals surface area contributed by atoms with Gasteiger partial charge in [-0.25, -0.2) is 0 Å². The number of hydrogen-bond acceptors (Lipinski definition) is 5. The van der Waals surface area contributed by atoms with E-state index in [9.17, 15) is 0 Å². The first-order chi connectivity index (χ1) is 8.36. The summed E-state index contributed by atoms with van der Waals surface area (Å²) in [6, 6.07) is 6.16. The number of hydrogen-bond donors (Lipinski definition) is 1. The molecular weight excluding hydrogens is 218 g/mol. The van der Waals surface area contributed by atoms with Gasteiger partial charge in [-0.3, -0.25) is 0 Å². The van der Waals surface area contributed by atoms with E-state index in [-0.39, 0.29) is 0 Å². The summed E-state index contributed by atoms with van der Waals surface area (Å²) in [4.78, 5) is 4.27. The second-order valence-electron chi connectivity index (χ2n) is 4.00. The molecule has 1 aromatic heterocycles. The highest BCUT2D eigenvalue weighted by Gasteiger charge is 2.14. The van der Waals surface area contributed by atoms with Crippen LogP contribution in [0.3, 0.4) is 0 Å². The normalized spacial score (nSPS) is 13.5. The molecule has 1 aliphatic rings. The lowest BCUT2D eigenvalue weighted by atomic mass is 10.1. The van der Waals surface area contributed by atoms with Gasteiger partial charge in [0, 0.05) is 24.9 Å². The van der Waals surface area contributed by atoms with E-state index < -0.39 is 0 Å². The molecule has 0 amide bonds. The molecule has 5 heteroatoms. The summed E-state index contributed by atoms with van der Waals surface area (Å²) >= 11 is 0. The van der Waals surface area contributed by atoms with Gasteiger partial charge in [0.1, 0.15) is 6.61 Å². The molecule has 0 saturated carbocycles. The second kappa shape index (κ2) is 4.18. The number of nitrogens with one attached hydrogen (secondary N) is 1. The minimum atomic E-state index is 0.368. The molecule has 0 spiro atoms. The number of benzene rings is 1. The van der Waals surface area contributed by atoms with Gasteiger partial charge in [-0.05, 0) is 24.1 Å². The lowest BCUT2D eigenvalue weighted by Gasteiger charge is -2.00. The maximum atomic E-state index is 5.19. The zero-order valence-electron chi connectivity index (χ0n) is 9.56. The van der Waals surface area contributed by atoms with Crippen LogP contribution in [-0.4, -0.2) is 23.8 Å². The van der Waals surface area contributed by atoms with E-state index in [1.165, 1.54) is 5.56 Å². The molecule has 0 aliphatic carbocycles. The highest BCUT2D eigenvalue weighted by atomic mass is 16.5. The smallest absolute Gasteiger partial charge is 0.258 e. The van der Waals surface area contributed by atoms with Gasteiger partial charge in [-0.15, -0.1) is 0 Å². The third-order valence-corrected chi connectivity index (χ3v) is 2.81. The Labute approximate surface area is 98.8 Å². The molecule has 2 aromatic rings. The number of fused-ring (bicyclic) bond motifs is 1. The van der Waals surface area contributed by atoms with Crippen molar-refractivity contribution in [2.75, 3.05) is 19.0 Å². The largest absolute Gasteiger partial charge is 0.384 e. The second-order valence-corrected chi connectivity index (χ2v) is 4.00. The van der Waals surface area contributed by atoms with E-state index in [0.29, 0.717) is 18.3 Å². The van der Waals surface area contributed by atoms with Crippen LogP contribution in [0, 0.1) is 0 Å². The Hall–Kier alpha value is -1.88. The van der Waals surface area contributed by atoms with Crippen molar-refractivity contribution < 1.29 is 9.26 Å². The molecule has 2 heterocycles. The van der Waals surface area contributed by atoms with Crippen LogP contribution in [0.15, 0.2) is 22.7 Å². The zero-order chi connectivity index (χ0) is 11.7. The van der Waals surface area contributed by atoms with Crippen molar-refractivity contribution in [2.45, 2.75) is 13.0 Å². The quantitative estimate of drug-likeness (QED) is 0.873. The molecule has 1 aromatic carbocycles. The summed E-state index contributed by atoms with van der Waals surface area (Å²) in [5, 5.41) is 7.17. The molecule has 1 aliphatic heterocycles. The highest BCUT2D eigenvalue weighted by Crippen LogP contribution is 2.27. The van der Waals surface area contributed by atoms with Crippen molar-refractivity contribution in [3.63, 3.8) is 0 Å². The first kappa shape index (κ1) is 10.3. The summed E-state index contributed by atoms with van der Waals surface area (Å²) in [6.45, 7) is 1.37. The Morgan fingerprint density at radius 3 is 3.29 bits per heavy atom. The SMILES string of the molecule is COCc1noc(-c2ccc3c(c2)NCC3)n1. The van der Waals surface area contributed by atoms with Crippen LogP contribution in [0.5, 0.6) is 0 Å². The van der Waals surface area contributed by atoms with E-state index >= 15 is 0 Å². The van der Waals surface area contributed by atoms with Crippen molar-refractivity contribution in [3.05, 3.63) is 29.6 Å². The number of rotatable bonds is 3. The maximum absolute atomic E-state index is 5.19. The first-order valence-corrected chi connectivity index (χ1v) is 5.55. The van der Waals surface area contributed by atoms with Crippen molar-refractivity contribution in [3.8, 4) is 11.5 Å². The minimum Gasteiger partial charge on any atom is -0.384 e. The molecule has 0 radical (unpaired) electrons. The number of nitrogens with zero attached hydrogens (tertiary/aromatic N) is 2. The van der Waals surface area contributed by atoms with Crippen LogP contribution in [0.4, 0.5) is 5.69 Å². The Balaban J connectivity index is 1.92. The molecule has 0 saturated heterocycles. The van der Waals surface area contributed by atoms with Crippen molar-refractivity contribution in [1.82, 2.24) is 10.1 Å². The van der Waals surface area contributed by atoms with Crippen LogP contribution < -0.4 is 5.32 Å². The average Bonchev–Trinajstić information content (AvgIpc) is 2.96. The van der Waals surface area contributed by atoms with Gasteiger partial charge in [0.05, 0.1) is 0 Å².